The zero-order valence-corrected chi connectivity index (χ0v) is 16.0. The summed E-state index contributed by atoms with van der Waals surface area (Å²) in [6.07, 6.45) is 0. The predicted octanol–water partition coefficient (Wildman–Crippen LogP) is 4.29. The van der Waals surface area contributed by atoms with Crippen molar-refractivity contribution >= 4 is 28.8 Å². The highest BCUT2D eigenvalue weighted by molar-refractivity contribution is 7.12. The molecule has 144 valence electrons. The van der Waals surface area contributed by atoms with Gasteiger partial charge in [-0.25, -0.2) is 4.39 Å². The highest BCUT2D eigenvalue weighted by Crippen LogP contribution is 2.17. The molecule has 0 atom stereocenters. The number of anilines is 1. The molecule has 1 heterocycles. The number of halogens is 1. The van der Waals surface area contributed by atoms with Gasteiger partial charge in [-0.3, -0.25) is 9.59 Å². The molecule has 0 spiro atoms. The molecule has 0 aliphatic heterocycles. The Balaban J connectivity index is 1.57. The van der Waals surface area contributed by atoms with E-state index in [4.69, 9.17) is 4.74 Å². The highest BCUT2D eigenvalue weighted by Gasteiger charge is 2.14. The number of ether oxygens (including phenoxy) is 1. The Hall–Kier alpha value is -3.19. The first kappa shape index (κ1) is 19.6. The summed E-state index contributed by atoms with van der Waals surface area (Å²) in [5.74, 6) is -0.720. The van der Waals surface area contributed by atoms with E-state index in [1.807, 2.05) is 5.38 Å². The van der Waals surface area contributed by atoms with Gasteiger partial charge in [0.1, 0.15) is 6.61 Å². The van der Waals surface area contributed by atoms with E-state index >= 15 is 0 Å². The predicted molar refractivity (Wildman–Crippen MR) is 108 cm³/mol. The summed E-state index contributed by atoms with van der Waals surface area (Å²) in [7, 11) is 1.64. The Bertz CT molecular complexity index is 960. The first-order chi connectivity index (χ1) is 13.5. The fraction of sp³-hybridized carbons (Fsp3) is 0.143. The zero-order valence-electron chi connectivity index (χ0n) is 15.2. The average molecular weight is 398 g/mol. The molecule has 0 bridgehead atoms. The van der Waals surface area contributed by atoms with Gasteiger partial charge < -0.3 is 15.0 Å². The Morgan fingerprint density at radius 1 is 1.11 bits per heavy atom. The van der Waals surface area contributed by atoms with Crippen LogP contribution in [0.25, 0.3) is 0 Å². The number of carbonyl (C=O) groups is 2. The quantitative estimate of drug-likeness (QED) is 0.646. The van der Waals surface area contributed by atoms with Crippen LogP contribution >= 0.6 is 11.3 Å². The maximum Gasteiger partial charge on any atom is 0.265 e. The molecule has 0 fully saturated rings. The number of hydrogen-bond acceptors (Lipinski definition) is 4. The van der Waals surface area contributed by atoms with Gasteiger partial charge in [0.05, 0.1) is 11.4 Å². The van der Waals surface area contributed by atoms with Crippen molar-refractivity contribution in [3.63, 3.8) is 0 Å². The Kier molecular flexibility index (Phi) is 6.39. The summed E-state index contributed by atoms with van der Waals surface area (Å²) in [4.78, 5) is 26.8. The molecule has 2 amide bonds. The van der Waals surface area contributed by atoms with Gasteiger partial charge in [0, 0.05) is 18.3 Å². The van der Waals surface area contributed by atoms with Crippen LogP contribution in [0.2, 0.25) is 0 Å². The molecule has 0 aliphatic carbocycles. The van der Waals surface area contributed by atoms with E-state index in [1.165, 1.54) is 28.4 Å². The fourth-order valence-corrected chi connectivity index (χ4v) is 3.13. The van der Waals surface area contributed by atoms with Gasteiger partial charge in [0.15, 0.2) is 11.6 Å². The van der Waals surface area contributed by atoms with Crippen LogP contribution in [-0.4, -0.2) is 36.9 Å². The number of para-hydroxylation sites is 1. The number of carbonyl (C=O) groups excluding carboxylic acids is 2. The van der Waals surface area contributed by atoms with Gasteiger partial charge in [0.25, 0.3) is 11.8 Å². The van der Waals surface area contributed by atoms with Gasteiger partial charge in [-0.2, -0.15) is 0 Å². The van der Waals surface area contributed by atoms with E-state index in [-0.39, 0.29) is 24.2 Å². The second-order valence-electron chi connectivity index (χ2n) is 6.02. The monoisotopic (exact) mass is 398 g/mol. The SMILES string of the molecule is CN(CCOc1ccccc1F)C(=O)c1cccc(NC(=O)c2cccs2)c1. The van der Waals surface area contributed by atoms with Crippen LogP contribution in [0.3, 0.4) is 0 Å². The van der Waals surface area contributed by atoms with Crippen LogP contribution in [0.4, 0.5) is 10.1 Å². The molecule has 5 nitrogen and oxygen atoms in total. The van der Waals surface area contributed by atoms with Crippen molar-refractivity contribution in [3.05, 3.63) is 82.3 Å². The van der Waals surface area contributed by atoms with Crippen molar-refractivity contribution < 1.29 is 18.7 Å². The van der Waals surface area contributed by atoms with Gasteiger partial charge in [-0.05, 0) is 41.8 Å². The molecule has 7 heteroatoms. The van der Waals surface area contributed by atoms with Crippen LogP contribution in [0.5, 0.6) is 5.75 Å². The third-order valence-electron chi connectivity index (χ3n) is 3.98. The highest BCUT2D eigenvalue weighted by atomic mass is 32.1. The molecule has 2 aromatic carbocycles. The normalized spacial score (nSPS) is 10.4. The molecule has 0 aliphatic rings. The van der Waals surface area contributed by atoms with Gasteiger partial charge in [-0.1, -0.05) is 24.3 Å². The standard InChI is InChI=1S/C21H19FN2O3S/c1-24(11-12-27-18-9-3-2-8-17(18)22)21(26)15-6-4-7-16(14-15)23-20(25)19-10-5-13-28-19/h2-10,13-14H,11-12H2,1H3,(H,23,25). The zero-order chi connectivity index (χ0) is 19.9. The molecule has 0 saturated carbocycles. The summed E-state index contributed by atoms with van der Waals surface area (Å²) >= 11 is 1.35. The molecule has 3 aromatic rings. The van der Waals surface area contributed by atoms with Crippen LogP contribution in [0.15, 0.2) is 66.0 Å². The number of rotatable bonds is 7. The lowest BCUT2D eigenvalue weighted by Gasteiger charge is -2.18. The van der Waals surface area contributed by atoms with E-state index < -0.39 is 5.82 Å². The number of nitrogens with zero attached hydrogens (tertiary/aromatic N) is 1. The van der Waals surface area contributed by atoms with E-state index in [0.717, 1.165) is 0 Å². The second kappa shape index (κ2) is 9.14. The smallest absolute Gasteiger partial charge is 0.265 e. The van der Waals surface area contributed by atoms with E-state index in [0.29, 0.717) is 22.7 Å². The number of hydrogen-bond donors (Lipinski definition) is 1. The Labute approximate surface area is 166 Å². The molecular weight excluding hydrogens is 379 g/mol. The van der Waals surface area contributed by atoms with E-state index in [2.05, 4.69) is 5.32 Å². The molecule has 0 radical (unpaired) electrons. The molecule has 0 saturated heterocycles. The lowest BCUT2D eigenvalue weighted by Crippen LogP contribution is -2.31. The second-order valence-corrected chi connectivity index (χ2v) is 6.97. The summed E-state index contributed by atoms with van der Waals surface area (Å²) in [5.41, 5.74) is 0.984. The fourth-order valence-electron chi connectivity index (χ4n) is 2.51. The van der Waals surface area contributed by atoms with Crippen molar-refractivity contribution in [2.45, 2.75) is 0 Å². The lowest BCUT2D eigenvalue weighted by molar-refractivity contribution is 0.0772. The van der Waals surface area contributed by atoms with Crippen molar-refractivity contribution in [3.8, 4) is 5.75 Å². The maximum absolute atomic E-state index is 13.5. The summed E-state index contributed by atoms with van der Waals surface area (Å²) in [6, 6.07) is 16.4. The van der Waals surface area contributed by atoms with E-state index in [1.54, 1.807) is 55.6 Å². The number of nitrogens with one attached hydrogen (secondary N) is 1. The topological polar surface area (TPSA) is 58.6 Å². The molecule has 1 N–H and O–H groups in total. The molecular formula is C21H19FN2O3S. The molecule has 3 rings (SSSR count). The van der Waals surface area contributed by atoms with Gasteiger partial charge in [0.2, 0.25) is 0 Å². The number of likely N-dealkylation sites (N-methyl/N-ethyl adjacent to an activating group) is 1. The van der Waals surface area contributed by atoms with Gasteiger partial charge >= 0.3 is 0 Å². The molecule has 1 aromatic heterocycles. The van der Waals surface area contributed by atoms with Crippen LogP contribution in [0, 0.1) is 5.82 Å². The van der Waals surface area contributed by atoms with Crippen molar-refractivity contribution in [2.24, 2.45) is 0 Å². The minimum absolute atomic E-state index is 0.154. The van der Waals surface area contributed by atoms with Crippen molar-refractivity contribution in [2.75, 3.05) is 25.5 Å². The summed E-state index contributed by atoms with van der Waals surface area (Å²) in [5, 5.41) is 4.61. The first-order valence-electron chi connectivity index (χ1n) is 8.62. The minimum Gasteiger partial charge on any atom is -0.489 e. The average Bonchev–Trinajstić information content (AvgIpc) is 3.24. The summed E-state index contributed by atoms with van der Waals surface area (Å²) in [6.45, 7) is 0.455. The molecule has 0 unspecified atom stereocenters. The van der Waals surface area contributed by atoms with Crippen LogP contribution < -0.4 is 10.1 Å². The minimum atomic E-state index is -0.439. The lowest BCUT2D eigenvalue weighted by atomic mass is 10.1. The van der Waals surface area contributed by atoms with Crippen molar-refractivity contribution in [1.29, 1.82) is 0 Å². The molecule has 28 heavy (non-hydrogen) atoms. The van der Waals surface area contributed by atoms with Crippen molar-refractivity contribution in [1.82, 2.24) is 4.90 Å². The van der Waals surface area contributed by atoms with Crippen LogP contribution in [-0.2, 0) is 0 Å². The van der Waals surface area contributed by atoms with Gasteiger partial charge in [-0.15, -0.1) is 11.3 Å². The largest absolute Gasteiger partial charge is 0.489 e. The third-order valence-corrected chi connectivity index (χ3v) is 4.85. The Morgan fingerprint density at radius 3 is 2.68 bits per heavy atom. The van der Waals surface area contributed by atoms with Crippen LogP contribution in [0.1, 0.15) is 20.0 Å². The Morgan fingerprint density at radius 2 is 1.93 bits per heavy atom. The number of amides is 2. The number of benzene rings is 2. The third kappa shape index (κ3) is 4.95. The van der Waals surface area contributed by atoms with E-state index in [9.17, 15) is 14.0 Å². The summed E-state index contributed by atoms with van der Waals surface area (Å²) < 4.78 is 18.9. The maximum atomic E-state index is 13.5. The first-order valence-corrected chi connectivity index (χ1v) is 9.50. The number of thiophene rings is 1.